The first-order valence-electron chi connectivity index (χ1n) is 10.8. The van der Waals surface area contributed by atoms with Crippen molar-refractivity contribution in [1.29, 1.82) is 5.26 Å². The van der Waals surface area contributed by atoms with E-state index in [2.05, 4.69) is 44.0 Å². The Bertz CT molecular complexity index is 1100. The van der Waals surface area contributed by atoms with Crippen LogP contribution in [0.25, 0.3) is 10.9 Å². The Morgan fingerprint density at radius 1 is 1.19 bits per heavy atom. The predicted octanol–water partition coefficient (Wildman–Crippen LogP) is 3.85. The second-order valence-electron chi connectivity index (χ2n) is 7.91. The number of anilines is 1. The van der Waals surface area contributed by atoms with Crippen LogP contribution in [-0.4, -0.2) is 63.0 Å². The Labute approximate surface area is 183 Å². The SMILES string of the molecule is CN=Cc1c[nH]c2cc(CCCN3CCN(c4cccc(OC)c4C#N)CC3)ccc12. The molecular formula is C25H29N5O. The maximum absolute atomic E-state index is 9.56. The number of fused-ring (bicyclic) bond motifs is 1. The van der Waals surface area contributed by atoms with Crippen LogP contribution in [0.2, 0.25) is 0 Å². The van der Waals surface area contributed by atoms with Gasteiger partial charge in [-0.25, -0.2) is 0 Å². The number of aliphatic imine (C=N–C) groups is 1. The van der Waals surface area contributed by atoms with Crippen LogP contribution in [0.15, 0.2) is 47.6 Å². The third-order valence-electron chi connectivity index (χ3n) is 6.04. The van der Waals surface area contributed by atoms with Gasteiger partial charge in [-0.05, 0) is 43.1 Å². The fourth-order valence-corrected chi connectivity index (χ4v) is 4.38. The van der Waals surface area contributed by atoms with Gasteiger partial charge in [0.1, 0.15) is 17.4 Å². The van der Waals surface area contributed by atoms with E-state index in [4.69, 9.17) is 4.74 Å². The second-order valence-corrected chi connectivity index (χ2v) is 7.91. The Morgan fingerprint density at radius 2 is 2.03 bits per heavy atom. The van der Waals surface area contributed by atoms with E-state index in [1.54, 1.807) is 14.2 Å². The molecule has 0 spiro atoms. The number of aromatic nitrogens is 1. The molecule has 3 aromatic rings. The summed E-state index contributed by atoms with van der Waals surface area (Å²) in [4.78, 5) is 12.3. The van der Waals surface area contributed by atoms with E-state index in [0.717, 1.165) is 56.8 Å². The molecule has 6 heteroatoms. The first-order valence-corrected chi connectivity index (χ1v) is 10.8. The molecule has 1 N–H and O–H groups in total. The average Bonchev–Trinajstić information content (AvgIpc) is 3.21. The number of ether oxygens (including phenoxy) is 1. The number of benzene rings is 2. The molecular weight excluding hydrogens is 386 g/mol. The number of aromatic amines is 1. The summed E-state index contributed by atoms with van der Waals surface area (Å²) in [7, 11) is 3.41. The minimum absolute atomic E-state index is 0.631. The lowest BCUT2D eigenvalue weighted by atomic mass is 10.1. The van der Waals surface area contributed by atoms with Crippen molar-refractivity contribution in [2.24, 2.45) is 4.99 Å². The van der Waals surface area contributed by atoms with E-state index < -0.39 is 0 Å². The minimum Gasteiger partial charge on any atom is -0.495 e. The summed E-state index contributed by atoms with van der Waals surface area (Å²) in [5, 5.41) is 10.8. The molecule has 0 aliphatic carbocycles. The van der Waals surface area contributed by atoms with Gasteiger partial charge in [0, 0.05) is 62.1 Å². The third-order valence-corrected chi connectivity index (χ3v) is 6.04. The summed E-state index contributed by atoms with van der Waals surface area (Å²) < 4.78 is 5.36. The number of nitrogens with zero attached hydrogens (tertiary/aromatic N) is 4. The fourth-order valence-electron chi connectivity index (χ4n) is 4.38. The predicted molar refractivity (Wildman–Crippen MR) is 126 cm³/mol. The summed E-state index contributed by atoms with van der Waals surface area (Å²) in [6.07, 6.45) is 6.11. The number of rotatable bonds is 7. The van der Waals surface area contributed by atoms with Crippen molar-refractivity contribution in [1.82, 2.24) is 9.88 Å². The van der Waals surface area contributed by atoms with Gasteiger partial charge in [0.15, 0.2) is 0 Å². The highest BCUT2D eigenvalue weighted by molar-refractivity contribution is 5.99. The lowest BCUT2D eigenvalue weighted by Crippen LogP contribution is -2.47. The second kappa shape index (κ2) is 9.67. The molecule has 0 bridgehead atoms. The zero-order valence-corrected chi connectivity index (χ0v) is 18.3. The van der Waals surface area contributed by atoms with Crippen molar-refractivity contribution < 1.29 is 4.74 Å². The van der Waals surface area contributed by atoms with Gasteiger partial charge in [0.2, 0.25) is 0 Å². The molecule has 1 saturated heterocycles. The van der Waals surface area contributed by atoms with E-state index in [0.29, 0.717) is 11.3 Å². The lowest BCUT2D eigenvalue weighted by Gasteiger charge is -2.36. The van der Waals surface area contributed by atoms with Crippen LogP contribution in [-0.2, 0) is 6.42 Å². The molecule has 2 heterocycles. The maximum Gasteiger partial charge on any atom is 0.138 e. The number of aryl methyl sites for hydroxylation is 1. The molecule has 1 aromatic heterocycles. The smallest absolute Gasteiger partial charge is 0.138 e. The van der Waals surface area contributed by atoms with Crippen LogP contribution in [0.5, 0.6) is 5.75 Å². The van der Waals surface area contributed by atoms with E-state index >= 15 is 0 Å². The van der Waals surface area contributed by atoms with Gasteiger partial charge >= 0.3 is 0 Å². The Hall–Kier alpha value is -3.30. The van der Waals surface area contributed by atoms with Crippen LogP contribution < -0.4 is 9.64 Å². The highest BCUT2D eigenvalue weighted by Gasteiger charge is 2.20. The number of hydrogen-bond acceptors (Lipinski definition) is 5. The van der Waals surface area contributed by atoms with Crippen molar-refractivity contribution in [3.8, 4) is 11.8 Å². The van der Waals surface area contributed by atoms with Crippen LogP contribution in [0.1, 0.15) is 23.1 Å². The first kappa shape index (κ1) is 21.0. The molecule has 2 aromatic carbocycles. The Morgan fingerprint density at radius 3 is 2.77 bits per heavy atom. The lowest BCUT2D eigenvalue weighted by molar-refractivity contribution is 0.255. The van der Waals surface area contributed by atoms with Gasteiger partial charge < -0.3 is 14.6 Å². The van der Waals surface area contributed by atoms with Crippen molar-refractivity contribution in [2.75, 3.05) is 51.8 Å². The topological polar surface area (TPSA) is 67.7 Å². The van der Waals surface area contributed by atoms with Crippen LogP contribution >= 0.6 is 0 Å². The molecule has 0 unspecified atom stereocenters. The highest BCUT2D eigenvalue weighted by Crippen LogP contribution is 2.29. The number of nitrogens with one attached hydrogen (secondary N) is 1. The van der Waals surface area contributed by atoms with Gasteiger partial charge in [-0.15, -0.1) is 0 Å². The summed E-state index contributed by atoms with van der Waals surface area (Å²) in [6, 6.07) is 14.8. The van der Waals surface area contributed by atoms with Crippen molar-refractivity contribution in [3.05, 3.63) is 59.3 Å². The van der Waals surface area contributed by atoms with Crippen LogP contribution in [0.3, 0.4) is 0 Å². The van der Waals surface area contributed by atoms with E-state index in [-0.39, 0.29) is 0 Å². The molecule has 1 aliphatic rings. The fraction of sp³-hybridized carbons (Fsp3) is 0.360. The van der Waals surface area contributed by atoms with Crippen molar-refractivity contribution in [2.45, 2.75) is 12.8 Å². The zero-order valence-electron chi connectivity index (χ0n) is 18.3. The Balaban J connectivity index is 1.29. The van der Waals surface area contributed by atoms with E-state index in [1.165, 1.54) is 16.5 Å². The molecule has 31 heavy (non-hydrogen) atoms. The number of methoxy groups -OCH3 is 1. The summed E-state index contributed by atoms with van der Waals surface area (Å²) in [6.45, 7) is 4.97. The van der Waals surface area contributed by atoms with Gasteiger partial charge in [0.25, 0.3) is 0 Å². The first-order chi connectivity index (χ1) is 15.2. The quantitative estimate of drug-likeness (QED) is 0.595. The van der Waals surface area contributed by atoms with E-state index in [1.807, 2.05) is 30.6 Å². The summed E-state index contributed by atoms with van der Waals surface area (Å²) >= 11 is 0. The molecule has 1 aliphatic heterocycles. The summed E-state index contributed by atoms with van der Waals surface area (Å²) in [5.74, 6) is 0.649. The van der Waals surface area contributed by atoms with Gasteiger partial charge in [-0.2, -0.15) is 5.26 Å². The minimum atomic E-state index is 0.631. The van der Waals surface area contributed by atoms with Gasteiger partial charge in [-0.3, -0.25) is 9.89 Å². The molecule has 0 radical (unpaired) electrons. The molecule has 0 atom stereocenters. The van der Waals surface area contributed by atoms with Crippen molar-refractivity contribution >= 4 is 22.8 Å². The highest BCUT2D eigenvalue weighted by atomic mass is 16.5. The van der Waals surface area contributed by atoms with E-state index in [9.17, 15) is 5.26 Å². The maximum atomic E-state index is 9.56. The summed E-state index contributed by atoms with van der Waals surface area (Å²) in [5.41, 5.74) is 5.29. The number of nitriles is 1. The zero-order chi connectivity index (χ0) is 21.6. The van der Waals surface area contributed by atoms with Crippen molar-refractivity contribution in [3.63, 3.8) is 0 Å². The molecule has 0 amide bonds. The molecule has 6 nitrogen and oxygen atoms in total. The standard InChI is InChI=1S/C25H29N5O/c1-27-17-20-18-28-23-15-19(8-9-21(20)23)5-4-10-29-11-13-30(14-12-29)24-6-3-7-25(31-2)22(24)16-26/h3,6-9,15,17-18,28H,4-5,10-14H2,1-2H3. The third kappa shape index (κ3) is 4.57. The largest absolute Gasteiger partial charge is 0.495 e. The number of H-pyrrole nitrogens is 1. The average molecular weight is 416 g/mol. The monoisotopic (exact) mass is 415 g/mol. The number of hydrogen-bond donors (Lipinski definition) is 1. The Kier molecular flexibility index (Phi) is 6.54. The molecule has 160 valence electrons. The molecule has 0 saturated carbocycles. The molecule has 4 rings (SSSR count). The number of piperazine rings is 1. The molecule has 1 fully saturated rings. The van der Waals surface area contributed by atoms with Crippen LogP contribution in [0, 0.1) is 11.3 Å². The van der Waals surface area contributed by atoms with Gasteiger partial charge in [-0.1, -0.05) is 18.2 Å². The van der Waals surface area contributed by atoms with Gasteiger partial charge in [0.05, 0.1) is 12.8 Å². The van der Waals surface area contributed by atoms with Crippen LogP contribution in [0.4, 0.5) is 5.69 Å². The normalized spacial score (nSPS) is 14.9.